The van der Waals surface area contributed by atoms with E-state index in [1.165, 1.54) is 17.3 Å². The van der Waals surface area contributed by atoms with Crippen molar-refractivity contribution in [1.82, 2.24) is 9.55 Å². The zero-order valence-electron chi connectivity index (χ0n) is 18.1. The molecule has 0 fully saturated rings. The quantitative estimate of drug-likeness (QED) is 0.393. The molecular weight excluding hydrogens is 430 g/mol. The molecule has 2 aromatic carbocycles. The monoisotopic (exact) mass is 455 g/mol. The molecule has 1 aromatic heterocycles. The van der Waals surface area contributed by atoms with Gasteiger partial charge in [-0.1, -0.05) is 55.4 Å². The van der Waals surface area contributed by atoms with Crippen LogP contribution in [0, 0.1) is 5.92 Å². The summed E-state index contributed by atoms with van der Waals surface area (Å²) in [5, 5.41) is 1.19. The predicted molar refractivity (Wildman–Crippen MR) is 128 cm³/mol. The first-order chi connectivity index (χ1) is 14.8. The number of nitrogens with zero attached hydrogens (tertiary/aromatic N) is 3. The molecule has 0 spiro atoms. The minimum atomic E-state index is -0.385. The van der Waals surface area contributed by atoms with Gasteiger partial charge in [-0.25, -0.2) is 4.98 Å². The zero-order chi connectivity index (χ0) is 22.3. The molecule has 0 unspecified atom stereocenters. The van der Waals surface area contributed by atoms with Crippen LogP contribution in [-0.4, -0.2) is 26.8 Å². The molecule has 0 bridgehead atoms. The third-order valence-corrected chi connectivity index (χ3v) is 6.82. The van der Waals surface area contributed by atoms with Crippen molar-refractivity contribution < 1.29 is 4.79 Å². The Kier molecular flexibility index (Phi) is 6.13. The summed E-state index contributed by atoms with van der Waals surface area (Å²) in [5.41, 5.74) is 2.64. The van der Waals surface area contributed by atoms with E-state index in [9.17, 15) is 9.59 Å². The van der Waals surface area contributed by atoms with Crippen molar-refractivity contribution in [2.75, 3.05) is 4.90 Å². The molecule has 31 heavy (non-hydrogen) atoms. The summed E-state index contributed by atoms with van der Waals surface area (Å²) in [4.78, 5) is 33.3. The third-order valence-electron chi connectivity index (χ3n) is 5.50. The highest BCUT2D eigenvalue weighted by atomic mass is 35.5. The van der Waals surface area contributed by atoms with E-state index in [1.807, 2.05) is 30.0 Å². The Hall–Kier alpha value is -2.31. The number of thioether (sulfide) groups is 1. The summed E-state index contributed by atoms with van der Waals surface area (Å²) in [6, 6.07) is 13.3. The second kappa shape index (κ2) is 8.67. The van der Waals surface area contributed by atoms with Crippen molar-refractivity contribution in [2.45, 2.75) is 57.1 Å². The Bertz CT molecular complexity index is 1210. The number of anilines is 1. The molecule has 4 rings (SSSR count). The van der Waals surface area contributed by atoms with Gasteiger partial charge in [0.05, 0.1) is 16.2 Å². The lowest BCUT2D eigenvalue weighted by atomic mass is 10.1. The Morgan fingerprint density at radius 1 is 1.23 bits per heavy atom. The maximum atomic E-state index is 13.4. The molecule has 1 aliphatic rings. The average molecular weight is 456 g/mol. The van der Waals surface area contributed by atoms with Gasteiger partial charge in [-0.05, 0) is 56.0 Å². The minimum Gasteiger partial charge on any atom is -0.308 e. The van der Waals surface area contributed by atoms with Crippen LogP contribution in [0.25, 0.3) is 10.9 Å². The fourth-order valence-corrected chi connectivity index (χ4v) is 5.23. The molecule has 2 atom stereocenters. The SMILES string of the molecule is CC(C)Cn1c(S[C@@H](C)C(=O)N2c3ccccc3C[C@@H]2C)nc2ccc(Cl)cc2c1=O. The maximum Gasteiger partial charge on any atom is 0.262 e. The highest BCUT2D eigenvalue weighted by Crippen LogP contribution is 2.34. The molecule has 7 heteroatoms. The van der Waals surface area contributed by atoms with E-state index in [1.54, 1.807) is 22.8 Å². The fraction of sp³-hybridized carbons (Fsp3) is 0.375. The molecule has 3 aromatic rings. The van der Waals surface area contributed by atoms with Gasteiger partial charge in [0.25, 0.3) is 5.56 Å². The number of hydrogen-bond acceptors (Lipinski definition) is 4. The number of amides is 1. The lowest BCUT2D eigenvalue weighted by molar-refractivity contribution is -0.118. The van der Waals surface area contributed by atoms with E-state index in [0.717, 1.165) is 12.1 Å². The summed E-state index contributed by atoms with van der Waals surface area (Å²) < 4.78 is 1.68. The summed E-state index contributed by atoms with van der Waals surface area (Å²) >= 11 is 7.46. The van der Waals surface area contributed by atoms with E-state index in [0.29, 0.717) is 27.6 Å². The second-order valence-corrected chi connectivity index (χ2v) is 10.3. The number of rotatable bonds is 5. The molecular formula is C24H26ClN3O2S. The van der Waals surface area contributed by atoms with Gasteiger partial charge in [0.15, 0.2) is 5.16 Å². The first-order valence-electron chi connectivity index (χ1n) is 10.5. The van der Waals surface area contributed by atoms with E-state index >= 15 is 0 Å². The number of benzene rings is 2. The van der Waals surface area contributed by atoms with E-state index in [-0.39, 0.29) is 28.7 Å². The van der Waals surface area contributed by atoms with Gasteiger partial charge >= 0.3 is 0 Å². The lowest BCUT2D eigenvalue weighted by Crippen LogP contribution is -2.40. The second-order valence-electron chi connectivity index (χ2n) is 8.52. The predicted octanol–water partition coefficient (Wildman–Crippen LogP) is 5.16. The van der Waals surface area contributed by atoms with Gasteiger partial charge in [0.1, 0.15) is 0 Å². The molecule has 1 aliphatic heterocycles. The Labute approximate surface area is 191 Å². The van der Waals surface area contributed by atoms with Gasteiger partial charge in [0, 0.05) is 23.3 Å². The van der Waals surface area contributed by atoms with Gasteiger partial charge in [-0.2, -0.15) is 0 Å². The first kappa shape index (κ1) is 21.9. The van der Waals surface area contributed by atoms with Crippen LogP contribution >= 0.6 is 23.4 Å². The summed E-state index contributed by atoms with van der Waals surface area (Å²) in [5.74, 6) is 0.288. The standard InChI is InChI=1S/C24H26ClN3O2S/c1-14(2)13-27-23(30)19-12-18(25)9-10-20(19)26-24(27)31-16(4)22(29)28-15(3)11-17-7-5-6-8-21(17)28/h5-10,12,14-16H,11,13H2,1-4H3/t15-,16-/m0/s1. The maximum absolute atomic E-state index is 13.4. The van der Waals surface area contributed by atoms with E-state index in [4.69, 9.17) is 16.6 Å². The van der Waals surface area contributed by atoms with Crippen molar-refractivity contribution in [1.29, 1.82) is 0 Å². The summed E-state index contributed by atoms with van der Waals surface area (Å²) in [7, 11) is 0. The van der Waals surface area contributed by atoms with Crippen LogP contribution in [0.2, 0.25) is 5.02 Å². The van der Waals surface area contributed by atoms with Crippen LogP contribution < -0.4 is 10.5 Å². The van der Waals surface area contributed by atoms with Gasteiger partial charge in [-0.3, -0.25) is 14.2 Å². The lowest BCUT2D eigenvalue weighted by Gasteiger charge is -2.26. The van der Waals surface area contributed by atoms with Crippen LogP contribution in [0.5, 0.6) is 0 Å². The molecule has 0 saturated heterocycles. The number of halogens is 1. The number of fused-ring (bicyclic) bond motifs is 2. The number of para-hydroxylation sites is 1. The third kappa shape index (κ3) is 4.23. The van der Waals surface area contributed by atoms with Crippen LogP contribution in [0.4, 0.5) is 5.69 Å². The van der Waals surface area contributed by atoms with Crippen LogP contribution in [0.3, 0.4) is 0 Å². The van der Waals surface area contributed by atoms with E-state index in [2.05, 4.69) is 26.8 Å². The van der Waals surface area contributed by atoms with Crippen molar-refractivity contribution in [3.8, 4) is 0 Å². The largest absolute Gasteiger partial charge is 0.308 e. The van der Waals surface area contributed by atoms with Crippen molar-refractivity contribution >= 4 is 45.9 Å². The molecule has 5 nitrogen and oxygen atoms in total. The Morgan fingerprint density at radius 3 is 2.71 bits per heavy atom. The van der Waals surface area contributed by atoms with Crippen LogP contribution in [-0.2, 0) is 17.8 Å². The number of aromatic nitrogens is 2. The average Bonchev–Trinajstić information content (AvgIpc) is 3.06. The highest BCUT2D eigenvalue weighted by Gasteiger charge is 2.34. The fourth-order valence-electron chi connectivity index (χ4n) is 4.09. The summed E-state index contributed by atoms with van der Waals surface area (Å²) in [6.07, 6.45) is 0.854. The van der Waals surface area contributed by atoms with E-state index < -0.39 is 0 Å². The topological polar surface area (TPSA) is 55.2 Å². The molecule has 2 heterocycles. The van der Waals surface area contributed by atoms with Crippen LogP contribution in [0.15, 0.2) is 52.4 Å². The molecule has 0 radical (unpaired) electrons. The van der Waals surface area contributed by atoms with Gasteiger partial charge in [-0.15, -0.1) is 0 Å². The molecule has 162 valence electrons. The Morgan fingerprint density at radius 2 is 1.97 bits per heavy atom. The highest BCUT2D eigenvalue weighted by molar-refractivity contribution is 8.00. The summed E-state index contributed by atoms with van der Waals surface area (Å²) in [6.45, 7) is 8.60. The molecule has 0 N–H and O–H groups in total. The normalized spacial score (nSPS) is 16.7. The smallest absolute Gasteiger partial charge is 0.262 e. The van der Waals surface area contributed by atoms with Crippen molar-refractivity contribution in [2.24, 2.45) is 5.92 Å². The molecule has 1 amide bonds. The van der Waals surface area contributed by atoms with Gasteiger partial charge < -0.3 is 4.90 Å². The molecule has 0 saturated carbocycles. The molecule has 0 aliphatic carbocycles. The number of hydrogen-bond donors (Lipinski definition) is 0. The number of carbonyl (C=O) groups is 1. The first-order valence-corrected chi connectivity index (χ1v) is 11.8. The number of carbonyl (C=O) groups excluding carboxylic acids is 1. The van der Waals surface area contributed by atoms with Crippen molar-refractivity contribution in [3.05, 3.63) is 63.4 Å². The van der Waals surface area contributed by atoms with Crippen LogP contribution in [0.1, 0.15) is 33.3 Å². The zero-order valence-corrected chi connectivity index (χ0v) is 19.7. The van der Waals surface area contributed by atoms with Gasteiger partial charge in [0.2, 0.25) is 5.91 Å². The minimum absolute atomic E-state index is 0.0315. The van der Waals surface area contributed by atoms with Crippen molar-refractivity contribution in [3.63, 3.8) is 0 Å². The Balaban J connectivity index is 1.70.